The van der Waals surface area contributed by atoms with Gasteiger partial charge in [-0.25, -0.2) is 0 Å². The zero-order valence-corrected chi connectivity index (χ0v) is 7.16. The van der Waals surface area contributed by atoms with Crippen molar-refractivity contribution in [1.29, 1.82) is 0 Å². The first-order valence-electron chi connectivity index (χ1n) is 3.97. The maximum atomic E-state index is 10.7. The predicted octanol–water partition coefficient (Wildman–Crippen LogP) is -1.76. The second-order valence-corrected chi connectivity index (χ2v) is 2.58. The molecule has 0 rings (SSSR count). The van der Waals surface area contributed by atoms with E-state index in [0.29, 0.717) is 6.42 Å². The number of amides is 1. The summed E-state index contributed by atoms with van der Waals surface area (Å²) < 4.78 is 0. The largest absolute Gasteiger partial charge is 0.475 e. The average molecular weight is 174 g/mol. The van der Waals surface area contributed by atoms with Gasteiger partial charge < -0.3 is 21.1 Å². The summed E-state index contributed by atoms with van der Waals surface area (Å²) in [5.41, 5.74) is 5.04. The van der Waals surface area contributed by atoms with Crippen LogP contribution in [0.1, 0.15) is 19.8 Å². The molecule has 0 unspecified atom stereocenters. The van der Waals surface area contributed by atoms with Gasteiger partial charge in [-0.3, -0.25) is 4.79 Å². The Kier molecular flexibility index (Phi) is 5.70. The molecule has 0 aromatic heterocycles. The highest BCUT2D eigenvalue weighted by Gasteiger charge is 2.23. The van der Waals surface area contributed by atoms with Crippen molar-refractivity contribution >= 4 is 13.0 Å². The smallest absolute Gasteiger partial charge is 0.426 e. The number of carbonyl (C=O) groups excluding carboxylic acids is 1. The molecule has 0 spiro atoms. The third-order valence-corrected chi connectivity index (χ3v) is 1.49. The van der Waals surface area contributed by atoms with Gasteiger partial charge in [0.1, 0.15) is 0 Å². The molecule has 1 amide bonds. The lowest BCUT2D eigenvalue weighted by Gasteiger charge is -2.15. The Bertz CT molecular complexity index is 143. The Morgan fingerprint density at radius 1 is 1.67 bits per heavy atom. The van der Waals surface area contributed by atoms with Crippen LogP contribution in [-0.4, -0.2) is 35.6 Å². The third kappa shape index (κ3) is 4.33. The molecular formula is C6H15BN2O3. The number of nitrogens with two attached hydrogens (primary N) is 1. The molecule has 1 atom stereocenters. The van der Waals surface area contributed by atoms with Gasteiger partial charge in [-0.15, -0.1) is 0 Å². The zero-order valence-electron chi connectivity index (χ0n) is 7.16. The van der Waals surface area contributed by atoms with Crippen LogP contribution in [0.4, 0.5) is 0 Å². The Morgan fingerprint density at radius 3 is 2.58 bits per heavy atom. The molecule has 0 aliphatic carbocycles. The quantitative estimate of drug-likeness (QED) is 0.371. The lowest BCUT2D eigenvalue weighted by molar-refractivity contribution is -0.120. The highest BCUT2D eigenvalue weighted by Crippen LogP contribution is 1.97. The molecule has 0 fully saturated rings. The number of hydrogen-bond donors (Lipinski definition) is 4. The van der Waals surface area contributed by atoms with Gasteiger partial charge in [-0.1, -0.05) is 13.3 Å². The molecule has 0 saturated carbocycles. The standard InChI is InChI=1S/C6H15BN2O3/c1-2-3-5(7(11)12)9-6(10)4-8/h5,11-12H,2-4,8H2,1H3,(H,9,10)/t5-/m0/s1. The number of hydrogen-bond acceptors (Lipinski definition) is 4. The molecule has 6 heteroatoms. The van der Waals surface area contributed by atoms with Crippen LogP contribution in [0.5, 0.6) is 0 Å². The van der Waals surface area contributed by atoms with E-state index in [1.807, 2.05) is 6.92 Å². The summed E-state index contributed by atoms with van der Waals surface area (Å²) >= 11 is 0. The molecule has 0 saturated heterocycles. The summed E-state index contributed by atoms with van der Waals surface area (Å²) in [7, 11) is -1.51. The van der Waals surface area contributed by atoms with E-state index in [4.69, 9.17) is 15.8 Å². The monoisotopic (exact) mass is 174 g/mol. The highest BCUT2D eigenvalue weighted by molar-refractivity contribution is 6.43. The normalized spacial score (nSPS) is 12.3. The maximum absolute atomic E-state index is 10.7. The fraction of sp³-hybridized carbons (Fsp3) is 0.833. The number of carbonyl (C=O) groups is 1. The Labute approximate surface area is 72.1 Å². The van der Waals surface area contributed by atoms with E-state index >= 15 is 0 Å². The first-order valence-corrected chi connectivity index (χ1v) is 3.97. The van der Waals surface area contributed by atoms with Crippen molar-refractivity contribution in [3.05, 3.63) is 0 Å². The fourth-order valence-corrected chi connectivity index (χ4v) is 0.872. The molecule has 0 heterocycles. The first kappa shape index (κ1) is 11.4. The van der Waals surface area contributed by atoms with Crippen LogP contribution in [0.2, 0.25) is 0 Å². The minimum absolute atomic E-state index is 0.132. The van der Waals surface area contributed by atoms with Crippen molar-refractivity contribution in [2.45, 2.75) is 25.7 Å². The van der Waals surface area contributed by atoms with E-state index in [1.165, 1.54) is 0 Å². The van der Waals surface area contributed by atoms with Crippen LogP contribution in [0.25, 0.3) is 0 Å². The van der Waals surface area contributed by atoms with Crippen molar-refractivity contribution < 1.29 is 14.8 Å². The van der Waals surface area contributed by atoms with E-state index in [0.717, 1.165) is 6.42 Å². The van der Waals surface area contributed by atoms with Gasteiger partial charge in [0, 0.05) is 0 Å². The van der Waals surface area contributed by atoms with Gasteiger partial charge in [0.15, 0.2) is 0 Å². The first-order chi connectivity index (χ1) is 5.61. The molecule has 0 bridgehead atoms. The molecule has 0 aliphatic rings. The second-order valence-electron chi connectivity index (χ2n) is 2.58. The highest BCUT2D eigenvalue weighted by atomic mass is 16.4. The van der Waals surface area contributed by atoms with Gasteiger partial charge in [-0.05, 0) is 6.42 Å². The molecule has 0 aliphatic heterocycles. The Hall–Kier alpha value is -0.585. The van der Waals surface area contributed by atoms with Crippen molar-refractivity contribution in [2.75, 3.05) is 6.54 Å². The lowest BCUT2D eigenvalue weighted by Crippen LogP contribution is -2.48. The van der Waals surface area contributed by atoms with Crippen molar-refractivity contribution in [3.8, 4) is 0 Å². The number of rotatable bonds is 5. The molecule has 0 radical (unpaired) electrons. The summed E-state index contributed by atoms with van der Waals surface area (Å²) in [5.74, 6) is -0.979. The molecule has 5 nitrogen and oxygen atoms in total. The van der Waals surface area contributed by atoms with E-state index in [9.17, 15) is 4.79 Å². The van der Waals surface area contributed by atoms with E-state index < -0.39 is 13.1 Å². The summed E-state index contributed by atoms with van der Waals surface area (Å²) in [6.07, 6.45) is 1.30. The average Bonchev–Trinajstić information content (AvgIpc) is 2.03. The van der Waals surface area contributed by atoms with Crippen molar-refractivity contribution in [2.24, 2.45) is 5.73 Å². The molecule has 12 heavy (non-hydrogen) atoms. The van der Waals surface area contributed by atoms with Gasteiger partial charge in [0.2, 0.25) is 5.91 Å². The van der Waals surface area contributed by atoms with Gasteiger partial charge in [0.05, 0.1) is 12.5 Å². The van der Waals surface area contributed by atoms with E-state index in [2.05, 4.69) is 5.32 Å². The van der Waals surface area contributed by atoms with Crippen LogP contribution < -0.4 is 11.1 Å². The second kappa shape index (κ2) is 5.99. The van der Waals surface area contributed by atoms with Crippen molar-refractivity contribution in [1.82, 2.24) is 5.32 Å². The summed E-state index contributed by atoms with van der Waals surface area (Å²) in [4.78, 5) is 10.7. The molecule has 70 valence electrons. The number of nitrogens with one attached hydrogen (secondary N) is 1. The lowest BCUT2D eigenvalue weighted by atomic mass is 9.77. The summed E-state index contributed by atoms with van der Waals surface area (Å²) in [6, 6.07) is 0. The van der Waals surface area contributed by atoms with Gasteiger partial charge >= 0.3 is 7.12 Å². The van der Waals surface area contributed by atoms with Crippen LogP contribution in [-0.2, 0) is 4.79 Å². The van der Waals surface area contributed by atoms with Crippen LogP contribution in [0.15, 0.2) is 0 Å². The minimum atomic E-state index is -1.51. The SMILES string of the molecule is CCC[C@H](NC(=O)CN)B(O)O. The fourth-order valence-electron chi connectivity index (χ4n) is 0.872. The Morgan fingerprint density at radius 2 is 2.25 bits per heavy atom. The van der Waals surface area contributed by atoms with Gasteiger partial charge in [0.25, 0.3) is 0 Å². The third-order valence-electron chi connectivity index (χ3n) is 1.49. The van der Waals surface area contributed by atoms with Crippen LogP contribution in [0.3, 0.4) is 0 Å². The molecule has 0 aromatic rings. The van der Waals surface area contributed by atoms with Gasteiger partial charge in [-0.2, -0.15) is 0 Å². The summed E-state index contributed by atoms with van der Waals surface area (Å²) in [6.45, 7) is 1.76. The molecule has 0 aromatic carbocycles. The van der Waals surface area contributed by atoms with E-state index in [-0.39, 0.29) is 12.5 Å². The van der Waals surface area contributed by atoms with Crippen LogP contribution in [0, 0.1) is 0 Å². The zero-order chi connectivity index (χ0) is 9.56. The predicted molar refractivity (Wildman–Crippen MR) is 46.1 cm³/mol. The molecular weight excluding hydrogens is 159 g/mol. The van der Waals surface area contributed by atoms with Crippen molar-refractivity contribution in [3.63, 3.8) is 0 Å². The Balaban J connectivity index is 3.86. The minimum Gasteiger partial charge on any atom is -0.426 e. The molecule has 5 N–H and O–H groups in total. The maximum Gasteiger partial charge on any atom is 0.475 e. The summed E-state index contributed by atoms with van der Waals surface area (Å²) in [5, 5.41) is 20.0. The topological polar surface area (TPSA) is 95.6 Å². The van der Waals surface area contributed by atoms with Crippen LogP contribution >= 0.6 is 0 Å². The van der Waals surface area contributed by atoms with E-state index in [1.54, 1.807) is 0 Å².